The average Bonchev–Trinajstić information content (AvgIpc) is 3.49. The van der Waals surface area contributed by atoms with Crippen LogP contribution in [-0.4, -0.2) is 46.3 Å². The number of H-pyrrole nitrogens is 2. The molecule has 0 saturated heterocycles. The predicted molar refractivity (Wildman–Crippen MR) is 108 cm³/mol. The van der Waals surface area contributed by atoms with Gasteiger partial charge in [-0.3, -0.25) is 15.2 Å². The van der Waals surface area contributed by atoms with Crippen molar-refractivity contribution in [2.24, 2.45) is 0 Å². The van der Waals surface area contributed by atoms with Crippen LogP contribution in [0.5, 0.6) is 0 Å². The molecule has 0 unspecified atom stereocenters. The maximum atomic E-state index is 13.0. The summed E-state index contributed by atoms with van der Waals surface area (Å²) in [6, 6.07) is 7.90. The van der Waals surface area contributed by atoms with Gasteiger partial charge in [0.1, 0.15) is 11.3 Å². The lowest BCUT2D eigenvalue weighted by Crippen LogP contribution is -2.16. The molecule has 5 rings (SSSR count). The average molecular weight is 405 g/mol. The number of aromatic nitrogens is 8. The summed E-state index contributed by atoms with van der Waals surface area (Å²) in [6.07, 6.45) is 3.32. The molecular formula is C18H15N9OS. The van der Waals surface area contributed by atoms with E-state index in [1.165, 1.54) is 22.3 Å². The Kier molecular flexibility index (Phi) is 3.95. The smallest absolute Gasteiger partial charge is 0.261 e. The summed E-state index contributed by atoms with van der Waals surface area (Å²) in [4.78, 5) is 21.6. The second kappa shape index (κ2) is 6.63. The minimum atomic E-state index is -0.318. The number of aromatic amines is 2. The summed E-state index contributed by atoms with van der Waals surface area (Å²) in [5, 5.41) is 22.7. The lowest BCUT2D eigenvalue weighted by molar-refractivity contribution is 0.102. The van der Waals surface area contributed by atoms with Crippen molar-refractivity contribution in [2.75, 3.05) is 5.32 Å². The van der Waals surface area contributed by atoms with E-state index in [9.17, 15) is 4.79 Å². The fourth-order valence-electron chi connectivity index (χ4n) is 3.16. The number of para-hydroxylation sites is 1. The Bertz CT molecular complexity index is 1330. The third-order valence-corrected chi connectivity index (χ3v) is 5.90. The molecule has 144 valence electrons. The van der Waals surface area contributed by atoms with Gasteiger partial charge in [-0.25, -0.2) is 0 Å². The van der Waals surface area contributed by atoms with Crippen LogP contribution in [0, 0.1) is 13.8 Å². The van der Waals surface area contributed by atoms with Gasteiger partial charge in [0, 0.05) is 27.5 Å². The largest absolute Gasteiger partial charge is 0.360 e. The Labute approximate surface area is 168 Å². The SMILES string of the molecule is Cc1sc(-n2cnnn2)c(C(=O)Nc2n[nH]c(-c3c[nH]c4ccccc34)n2)c1C. The first kappa shape index (κ1) is 17.3. The minimum Gasteiger partial charge on any atom is -0.360 e. The molecule has 0 aliphatic rings. The second-order valence-electron chi connectivity index (χ2n) is 6.43. The number of carbonyl (C=O) groups is 1. The van der Waals surface area contributed by atoms with Crippen LogP contribution in [-0.2, 0) is 0 Å². The molecule has 0 fully saturated rings. The quantitative estimate of drug-likeness (QED) is 0.421. The van der Waals surface area contributed by atoms with Crippen LogP contribution in [0.2, 0.25) is 0 Å². The van der Waals surface area contributed by atoms with Crippen LogP contribution in [0.4, 0.5) is 5.95 Å². The number of rotatable bonds is 4. The molecular weight excluding hydrogens is 390 g/mol. The number of benzene rings is 1. The van der Waals surface area contributed by atoms with Gasteiger partial charge in [-0.15, -0.1) is 21.5 Å². The molecule has 0 spiro atoms. The summed E-state index contributed by atoms with van der Waals surface area (Å²) >= 11 is 1.45. The highest BCUT2D eigenvalue weighted by molar-refractivity contribution is 7.15. The van der Waals surface area contributed by atoms with Gasteiger partial charge in [-0.2, -0.15) is 9.67 Å². The first-order chi connectivity index (χ1) is 14.1. The monoisotopic (exact) mass is 405 g/mol. The summed E-state index contributed by atoms with van der Waals surface area (Å²) in [7, 11) is 0. The van der Waals surface area contributed by atoms with E-state index in [0.717, 1.165) is 26.9 Å². The van der Waals surface area contributed by atoms with Crippen molar-refractivity contribution in [1.29, 1.82) is 0 Å². The Morgan fingerprint density at radius 1 is 1.24 bits per heavy atom. The molecule has 29 heavy (non-hydrogen) atoms. The molecule has 11 heteroatoms. The topological polar surface area (TPSA) is 130 Å². The molecule has 3 N–H and O–H groups in total. The van der Waals surface area contributed by atoms with Crippen molar-refractivity contribution in [3.63, 3.8) is 0 Å². The number of carbonyl (C=O) groups excluding carboxylic acids is 1. The fraction of sp³-hybridized carbons (Fsp3) is 0.111. The third-order valence-electron chi connectivity index (χ3n) is 4.71. The minimum absolute atomic E-state index is 0.196. The van der Waals surface area contributed by atoms with E-state index >= 15 is 0 Å². The number of amides is 1. The molecule has 4 aromatic heterocycles. The van der Waals surface area contributed by atoms with E-state index in [-0.39, 0.29) is 11.9 Å². The van der Waals surface area contributed by atoms with Crippen molar-refractivity contribution in [3.05, 3.63) is 52.8 Å². The van der Waals surface area contributed by atoms with E-state index < -0.39 is 0 Å². The van der Waals surface area contributed by atoms with E-state index in [1.807, 2.05) is 44.3 Å². The van der Waals surface area contributed by atoms with Crippen LogP contribution < -0.4 is 5.32 Å². The van der Waals surface area contributed by atoms with Crippen LogP contribution >= 0.6 is 11.3 Å². The molecule has 0 bridgehead atoms. The highest BCUT2D eigenvalue weighted by atomic mass is 32.1. The molecule has 1 aromatic carbocycles. The van der Waals surface area contributed by atoms with Crippen molar-refractivity contribution in [1.82, 2.24) is 40.4 Å². The van der Waals surface area contributed by atoms with Crippen LogP contribution in [0.25, 0.3) is 27.3 Å². The van der Waals surface area contributed by atoms with Gasteiger partial charge >= 0.3 is 0 Å². The third kappa shape index (κ3) is 2.88. The Morgan fingerprint density at radius 3 is 2.93 bits per heavy atom. The van der Waals surface area contributed by atoms with Gasteiger partial charge in [0.05, 0.1) is 5.56 Å². The van der Waals surface area contributed by atoms with Gasteiger partial charge in [0.2, 0.25) is 5.95 Å². The number of anilines is 1. The summed E-state index contributed by atoms with van der Waals surface area (Å²) in [6.45, 7) is 3.84. The lowest BCUT2D eigenvalue weighted by Gasteiger charge is -2.04. The van der Waals surface area contributed by atoms with Crippen LogP contribution in [0.1, 0.15) is 20.8 Å². The Hall–Kier alpha value is -3.86. The number of aryl methyl sites for hydroxylation is 1. The summed E-state index contributed by atoms with van der Waals surface area (Å²) < 4.78 is 1.48. The molecule has 0 saturated carbocycles. The number of nitrogens with one attached hydrogen (secondary N) is 3. The van der Waals surface area contributed by atoms with Crippen molar-refractivity contribution in [3.8, 4) is 16.4 Å². The molecule has 0 atom stereocenters. The maximum Gasteiger partial charge on any atom is 0.261 e. The normalized spacial score (nSPS) is 11.2. The fourth-order valence-corrected chi connectivity index (χ4v) is 4.23. The van der Waals surface area contributed by atoms with Crippen molar-refractivity contribution >= 4 is 34.1 Å². The molecule has 5 aromatic rings. The van der Waals surface area contributed by atoms with E-state index in [0.29, 0.717) is 16.4 Å². The van der Waals surface area contributed by atoms with E-state index in [2.05, 4.69) is 41.0 Å². The van der Waals surface area contributed by atoms with Gasteiger partial charge in [0.15, 0.2) is 5.82 Å². The second-order valence-corrected chi connectivity index (χ2v) is 7.63. The Balaban J connectivity index is 1.46. The number of fused-ring (bicyclic) bond motifs is 1. The number of hydrogen-bond acceptors (Lipinski definition) is 7. The zero-order chi connectivity index (χ0) is 20.0. The number of thiophene rings is 1. The number of hydrogen-bond donors (Lipinski definition) is 3. The van der Waals surface area contributed by atoms with E-state index in [4.69, 9.17) is 0 Å². The predicted octanol–water partition coefficient (Wildman–Crippen LogP) is 2.86. The molecule has 4 heterocycles. The first-order valence-corrected chi connectivity index (χ1v) is 9.57. The van der Waals surface area contributed by atoms with Gasteiger partial charge in [-0.05, 0) is 35.9 Å². The molecule has 0 radical (unpaired) electrons. The van der Waals surface area contributed by atoms with E-state index in [1.54, 1.807) is 0 Å². The maximum absolute atomic E-state index is 13.0. The number of tetrazole rings is 1. The first-order valence-electron chi connectivity index (χ1n) is 8.75. The summed E-state index contributed by atoms with van der Waals surface area (Å²) in [5.74, 6) is 0.444. The van der Waals surface area contributed by atoms with Crippen molar-refractivity contribution in [2.45, 2.75) is 13.8 Å². The highest BCUT2D eigenvalue weighted by Gasteiger charge is 2.23. The van der Waals surface area contributed by atoms with Crippen molar-refractivity contribution < 1.29 is 4.79 Å². The van der Waals surface area contributed by atoms with Crippen LogP contribution in [0.15, 0.2) is 36.8 Å². The molecule has 0 aliphatic heterocycles. The molecule has 1 amide bonds. The van der Waals surface area contributed by atoms with Crippen LogP contribution in [0.3, 0.4) is 0 Å². The zero-order valence-electron chi connectivity index (χ0n) is 15.5. The summed E-state index contributed by atoms with van der Waals surface area (Å²) in [5.41, 5.74) is 3.24. The number of nitrogens with zero attached hydrogens (tertiary/aromatic N) is 6. The highest BCUT2D eigenvalue weighted by Crippen LogP contribution is 2.31. The van der Waals surface area contributed by atoms with Gasteiger partial charge in [0.25, 0.3) is 5.91 Å². The lowest BCUT2D eigenvalue weighted by atomic mass is 10.1. The Morgan fingerprint density at radius 2 is 2.10 bits per heavy atom. The zero-order valence-corrected chi connectivity index (χ0v) is 16.3. The van der Waals surface area contributed by atoms with Gasteiger partial charge < -0.3 is 4.98 Å². The molecule has 0 aliphatic carbocycles. The standard InChI is InChI=1S/C18H15N9OS/c1-9-10(2)29-17(27-8-20-25-26-27)14(9)16(28)22-18-21-15(23-24-18)12-7-19-13-6-4-3-5-11(12)13/h3-8,19H,1-2H3,(H2,21,22,23,24,28). The van der Waals surface area contributed by atoms with Gasteiger partial charge in [-0.1, -0.05) is 18.2 Å². The molecule has 10 nitrogen and oxygen atoms in total.